The van der Waals surface area contributed by atoms with Crippen molar-refractivity contribution in [2.45, 2.75) is 13.3 Å². The van der Waals surface area contributed by atoms with Gasteiger partial charge in [0.25, 0.3) is 0 Å². The summed E-state index contributed by atoms with van der Waals surface area (Å²) >= 11 is 0. The fourth-order valence-electron chi connectivity index (χ4n) is 4.20. The highest BCUT2D eigenvalue weighted by molar-refractivity contribution is 6.08. The lowest BCUT2D eigenvalue weighted by Crippen LogP contribution is -3.15. The first-order valence-electron chi connectivity index (χ1n) is 10.0. The van der Waals surface area contributed by atoms with E-state index in [0.717, 1.165) is 60.5 Å². The second-order valence-corrected chi connectivity index (χ2v) is 7.40. The van der Waals surface area contributed by atoms with Gasteiger partial charge in [-0.1, -0.05) is 37.3 Å². The van der Waals surface area contributed by atoms with Crippen LogP contribution in [0.3, 0.4) is 0 Å². The average molecular weight is 378 g/mol. The zero-order valence-corrected chi connectivity index (χ0v) is 16.6. The Kier molecular flexibility index (Phi) is 5.35. The number of ether oxygens (including phenoxy) is 1. The maximum absolute atomic E-state index is 13.0. The van der Waals surface area contributed by atoms with Crippen LogP contribution in [0.1, 0.15) is 22.8 Å². The Morgan fingerprint density at radius 1 is 1.14 bits per heavy atom. The van der Waals surface area contributed by atoms with Crippen molar-refractivity contribution in [3.05, 3.63) is 59.8 Å². The molecule has 4 rings (SSSR count). The highest BCUT2D eigenvalue weighted by Gasteiger charge is 2.25. The summed E-state index contributed by atoms with van der Waals surface area (Å²) in [5, 5.41) is 1.05. The van der Waals surface area contributed by atoms with E-state index in [1.807, 2.05) is 36.5 Å². The van der Waals surface area contributed by atoms with Crippen LogP contribution in [0, 0.1) is 0 Å². The van der Waals surface area contributed by atoms with Crippen LogP contribution in [-0.4, -0.2) is 50.6 Å². The Bertz CT molecular complexity index is 971. The van der Waals surface area contributed by atoms with Crippen LogP contribution >= 0.6 is 0 Å². The number of aromatic nitrogens is 1. The second kappa shape index (κ2) is 8.07. The number of quaternary nitrogens is 1. The largest absolute Gasteiger partial charge is 0.495 e. The van der Waals surface area contributed by atoms with Gasteiger partial charge < -0.3 is 19.5 Å². The van der Waals surface area contributed by atoms with Crippen molar-refractivity contribution < 1.29 is 14.4 Å². The van der Waals surface area contributed by atoms with Crippen molar-refractivity contribution in [2.75, 3.05) is 44.7 Å². The SMILES string of the molecule is CCc1cccc2c(C(=O)C[NH+]3CCN(c4ccccc4OC)CC3)c[nH]c12. The van der Waals surface area contributed by atoms with E-state index >= 15 is 0 Å². The predicted molar refractivity (Wildman–Crippen MR) is 113 cm³/mol. The third kappa shape index (κ3) is 3.50. The second-order valence-electron chi connectivity index (χ2n) is 7.40. The van der Waals surface area contributed by atoms with Crippen LogP contribution in [-0.2, 0) is 6.42 Å². The number of nitrogens with one attached hydrogen (secondary N) is 2. The third-order valence-corrected chi connectivity index (χ3v) is 5.79. The number of H-pyrrole nitrogens is 1. The van der Waals surface area contributed by atoms with Gasteiger partial charge in [0, 0.05) is 22.7 Å². The Morgan fingerprint density at radius 2 is 1.93 bits per heavy atom. The first-order valence-corrected chi connectivity index (χ1v) is 10.0. The molecule has 0 saturated carbocycles. The Balaban J connectivity index is 1.42. The first-order chi connectivity index (χ1) is 13.7. The number of para-hydroxylation sites is 3. The van der Waals surface area contributed by atoms with Gasteiger partial charge in [-0.2, -0.15) is 0 Å². The number of benzene rings is 2. The van der Waals surface area contributed by atoms with E-state index in [1.165, 1.54) is 10.5 Å². The minimum atomic E-state index is 0.222. The van der Waals surface area contributed by atoms with Gasteiger partial charge in [0.1, 0.15) is 12.3 Å². The van der Waals surface area contributed by atoms with Gasteiger partial charge in [0.2, 0.25) is 5.78 Å². The summed E-state index contributed by atoms with van der Waals surface area (Å²) in [5.74, 6) is 1.13. The van der Waals surface area contributed by atoms with E-state index in [0.29, 0.717) is 6.54 Å². The van der Waals surface area contributed by atoms with E-state index in [1.54, 1.807) is 7.11 Å². The minimum Gasteiger partial charge on any atom is -0.495 e. The Morgan fingerprint density at radius 3 is 2.68 bits per heavy atom. The molecule has 146 valence electrons. The molecule has 1 aliphatic rings. The molecule has 1 aromatic heterocycles. The van der Waals surface area contributed by atoms with Gasteiger partial charge in [-0.3, -0.25) is 4.79 Å². The van der Waals surface area contributed by atoms with Crippen LogP contribution in [0.25, 0.3) is 10.9 Å². The standard InChI is InChI=1S/C23H27N3O2/c1-3-17-7-6-8-18-19(15-24-23(17)18)21(27)16-25-11-13-26(14-12-25)20-9-4-5-10-22(20)28-2/h4-10,15,24H,3,11-14,16H2,1-2H3/p+1. The number of piperazine rings is 1. The topological polar surface area (TPSA) is 49.8 Å². The molecule has 1 saturated heterocycles. The lowest BCUT2D eigenvalue weighted by atomic mass is 10.0. The molecule has 5 heteroatoms. The minimum absolute atomic E-state index is 0.222. The summed E-state index contributed by atoms with van der Waals surface area (Å²) in [4.78, 5) is 20.0. The van der Waals surface area contributed by atoms with Crippen molar-refractivity contribution >= 4 is 22.4 Å². The van der Waals surface area contributed by atoms with Gasteiger partial charge >= 0.3 is 0 Å². The lowest BCUT2D eigenvalue weighted by Gasteiger charge is -2.34. The van der Waals surface area contributed by atoms with Gasteiger partial charge in [-0.25, -0.2) is 0 Å². The molecule has 2 aromatic carbocycles. The van der Waals surface area contributed by atoms with E-state index in [9.17, 15) is 4.79 Å². The maximum Gasteiger partial charge on any atom is 0.219 e. The molecule has 5 nitrogen and oxygen atoms in total. The molecular formula is C23H28N3O2+. The van der Waals surface area contributed by atoms with E-state index < -0.39 is 0 Å². The van der Waals surface area contributed by atoms with E-state index in [2.05, 4.69) is 28.9 Å². The van der Waals surface area contributed by atoms with Crippen LogP contribution < -0.4 is 14.5 Å². The summed E-state index contributed by atoms with van der Waals surface area (Å²) in [6, 6.07) is 14.4. The number of fused-ring (bicyclic) bond motifs is 1. The van der Waals surface area contributed by atoms with Crippen molar-refractivity contribution in [1.29, 1.82) is 0 Å². The molecule has 28 heavy (non-hydrogen) atoms. The van der Waals surface area contributed by atoms with Crippen molar-refractivity contribution in [2.24, 2.45) is 0 Å². The fourth-order valence-corrected chi connectivity index (χ4v) is 4.20. The Labute approximate surface area is 165 Å². The van der Waals surface area contributed by atoms with Crippen LogP contribution in [0.15, 0.2) is 48.7 Å². The molecule has 0 bridgehead atoms. The quantitative estimate of drug-likeness (QED) is 0.648. The summed E-state index contributed by atoms with van der Waals surface area (Å²) in [7, 11) is 1.71. The number of carbonyl (C=O) groups excluding carboxylic acids is 1. The highest BCUT2D eigenvalue weighted by Crippen LogP contribution is 2.27. The van der Waals surface area contributed by atoms with Gasteiger partial charge in [-0.05, 0) is 24.1 Å². The van der Waals surface area contributed by atoms with E-state index in [4.69, 9.17) is 4.74 Å². The fraction of sp³-hybridized carbons (Fsp3) is 0.348. The molecule has 2 N–H and O–H groups in total. The van der Waals surface area contributed by atoms with E-state index in [-0.39, 0.29) is 5.78 Å². The monoisotopic (exact) mass is 378 g/mol. The Hall–Kier alpha value is -2.79. The van der Waals surface area contributed by atoms with Crippen molar-refractivity contribution in [3.63, 3.8) is 0 Å². The number of hydrogen-bond donors (Lipinski definition) is 2. The summed E-state index contributed by atoms with van der Waals surface area (Å²) < 4.78 is 5.49. The highest BCUT2D eigenvalue weighted by atomic mass is 16.5. The number of hydrogen-bond acceptors (Lipinski definition) is 3. The molecule has 0 aliphatic carbocycles. The third-order valence-electron chi connectivity index (χ3n) is 5.79. The van der Waals surface area contributed by atoms with Crippen molar-refractivity contribution in [3.8, 4) is 5.75 Å². The van der Waals surface area contributed by atoms with Crippen LogP contribution in [0.2, 0.25) is 0 Å². The van der Waals surface area contributed by atoms with Gasteiger partial charge in [-0.15, -0.1) is 0 Å². The number of Topliss-reactive ketones (excluding diaryl/α,β-unsaturated/α-hetero) is 1. The van der Waals surface area contributed by atoms with Crippen LogP contribution in [0.5, 0.6) is 5.75 Å². The smallest absolute Gasteiger partial charge is 0.219 e. The molecular weight excluding hydrogens is 350 g/mol. The molecule has 0 spiro atoms. The molecule has 2 heterocycles. The number of aromatic amines is 1. The molecule has 0 radical (unpaired) electrons. The number of nitrogens with zero attached hydrogens (tertiary/aromatic N) is 1. The lowest BCUT2D eigenvalue weighted by molar-refractivity contribution is -0.892. The first kappa shape index (κ1) is 18.6. The number of carbonyl (C=O) groups is 1. The number of methoxy groups -OCH3 is 1. The molecule has 0 amide bonds. The molecule has 1 aliphatic heterocycles. The molecule has 3 aromatic rings. The number of aryl methyl sites for hydroxylation is 1. The van der Waals surface area contributed by atoms with Crippen LogP contribution in [0.4, 0.5) is 5.69 Å². The molecule has 0 unspecified atom stereocenters. The average Bonchev–Trinajstić information content (AvgIpc) is 3.18. The van der Waals surface area contributed by atoms with Gasteiger partial charge in [0.05, 0.1) is 39.0 Å². The number of anilines is 1. The summed E-state index contributed by atoms with van der Waals surface area (Å²) in [6.07, 6.45) is 2.85. The predicted octanol–water partition coefficient (Wildman–Crippen LogP) is 2.33. The normalized spacial score (nSPS) is 15.1. The van der Waals surface area contributed by atoms with Gasteiger partial charge in [0.15, 0.2) is 0 Å². The summed E-state index contributed by atoms with van der Waals surface area (Å²) in [5.41, 5.74) is 4.32. The molecule has 0 atom stereocenters. The number of ketones is 1. The zero-order valence-electron chi connectivity index (χ0n) is 16.6. The molecule has 1 fully saturated rings. The zero-order chi connectivity index (χ0) is 19.5. The maximum atomic E-state index is 13.0. The summed E-state index contributed by atoms with van der Waals surface area (Å²) in [6.45, 7) is 6.44. The van der Waals surface area contributed by atoms with Crippen molar-refractivity contribution in [1.82, 2.24) is 4.98 Å². The number of rotatable bonds is 6.